The van der Waals surface area contributed by atoms with E-state index in [2.05, 4.69) is 15.2 Å². The zero-order valence-corrected chi connectivity index (χ0v) is 18.0. The second kappa shape index (κ2) is 8.78. The van der Waals surface area contributed by atoms with E-state index in [-0.39, 0.29) is 11.8 Å². The van der Waals surface area contributed by atoms with Gasteiger partial charge in [0.1, 0.15) is 0 Å². The van der Waals surface area contributed by atoms with Crippen LogP contribution in [0.1, 0.15) is 60.2 Å². The van der Waals surface area contributed by atoms with Crippen LogP contribution in [0.2, 0.25) is 0 Å². The fourth-order valence-corrected chi connectivity index (χ4v) is 4.79. The third-order valence-corrected chi connectivity index (χ3v) is 6.57. The fourth-order valence-electron chi connectivity index (χ4n) is 4.79. The molecule has 164 valence electrons. The van der Waals surface area contributed by atoms with Crippen LogP contribution in [0.15, 0.2) is 28.8 Å². The summed E-state index contributed by atoms with van der Waals surface area (Å²) < 4.78 is 13.1. The lowest BCUT2D eigenvalue weighted by molar-refractivity contribution is 0.0785. The van der Waals surface area contributed by atoms with Crippen LogP contribution in [0.5, 0.6) is 0 Å². The lowest BCUT2D eigenvalue weighted by Gasteiger charge is -2.14. The van der Waals surface area contributed by atoms with Crippen molar-refractivity contribution in [2.24, 2.45) is 13.0 Å². The van der Waals surface area contributed by atoms with Gasteiger partial charge in [-0.1, -0.05) is 36.2 Å². The second-order valence-electron chi connectivity index (χ2n) is 8.75. The normalized spacial score (nSPS) is 19.6. The first-order valence-electron chi connectivity index (χ1n) is 11.3. The molecule has 1 saturated carbocycles. The summed E-state index contributed by atoms with van der Waals surface area (Å²) in [4.78, 5) is 19.5. The van der Waals surface area contributed by atoms with Crippen molar-refractivity contribution in [3.05, 3.63) is 41.7 Å². The monoisotopic (exact) mass is 423 g/mol. The molecule has 2 fully saturated rings. The van der Waals surface area contributed by atoms with E-state index in [1.165, 1.54) is 25.7 Å². The van der Waals surface area contributed by atoms with Crippen molar-refractivity contribution in [3.8, 4) is 0 Å². The zero-order valence-electron chi connectivity index (χ0n) is 18.0. The number of fused-ring (bicyclic) bond motifs is 1. The van der Waals surface area contributed by atoms with Crippen LogP contribution in [-0.2, 0) is 18.2 Å². The minimum atomic E-state index is -0.0423. The molecule has 1 aliphatic carbocycles. The predicted molar refractivity (Wildman–Crippen MR) is 115 cm³/mol. The van der Waals surface area contributed by atoms with Gasteiger partial charge in [0.15, 0.2) is 11.5 Å². The number of ether oxygens (including phenoxy) is 1. The van der Waals surface area contributed by atoms with E-state index in [1.54, 1.807) is 4.68 Å². The van der Waals surface area contributed by atoms with Gasteiger partial charge >= 0.3 is 0 Å². The molecule has 0 radical (unpaired) electrons. The van der Waals surface area contributed by atoms with E-state index in [9.17, 15) is 4.79 Å². The van der Waals surface area contributed by atoms with E-state index in [0.29, 0.717) is 43.5 Å². The lowest BCUT2D eigenvalue weighted by atomic mass is 10.1. The minimum Gasteiger partial charge on any atom is -0.381 e. The maximum atomic E-state index is 13.1. The summed E-state index contributed by atoms with van der Waals surface area (Å²) in [6, 6.07) is 7.81. The number of amides is 1. The molecule has 2 aliphatic rings. The third-order valence-electron chi connectivity index (χ3n) is 6.57. The number of para-hydroxylation sites is 1. The number of carbonyl (C=O) groups excluding carboxylic acids is 1. The molecule has 0 bridgehead atoms. The Kier molecular flexibility index (Phi) is 5.72. The van der Waals surface area contributed by atoms with E-state index in [4.69, 9.17) is 9.26 Å². The van der Waals surface area contributed by atoms with Gasteiger partial charge in [-0.3, -0.25) is 9.48 Å². The van der Waals surface area contributed by atoms with Gasteiger partial charge in [-0.05, 0) is 31.2 Å². The second-order valence-corrected chi connectivity index (χ2v) is 8.75. The Hall–Kier alpha value is -2.74. The summed E-state index contributed by atoms with van der Waals surface area (Å²) in [5.41, 5.74) is 1.46. The van der Waals surface area contributed by atoms with Crippen LogP contribution in [0.3, 0.4) is 0 Å². The molecule has 1 unspecified atom stereocenters. The molecule has 1 aromatic carbocycles. The molecular formula is C23H29N5O3. The summed E-state index contributed by atoms with van der Waals surface area (Å²) in [5, 5.41) is 9.47. The van der Waals surface area contributed by atoms with Gasteiger partial charge in [-0.25, -0.2) is 0 Å². The first-order valence-corrected chi connectivity index (χ1v) is 11.3. The molecule has 0 N–H and O–H groups in total. The van der Waals surface area contributed by atoms with Gasteiger partial charge in [0.2, 0.25) is 5.89 Å². The van der Waals surface area contributed by atoms with E-state index in [1.807, 2.05) is 36.2 Å². The Morgan fingerprint density at radius 3 is 2.94 bits per heavy atom. The van der Waals surface area contributed by atoms with Gasteiger partial charge in [0, 0.05) is 38.6 Å². The summed E-state index contributed by atoms with van der Waals surface area (Å²) >= 11 is 0. The Morgan fingerprint density at radius 2 is 2.06 bits per heavy atom. The fraction of sp³-hybridized carbons (Fsp3) is 0.565. The first-order chi connectivity index (χ1) is 15.2. The smallest absolute Gasteiger partial charge is 0.275 e. The zero-order chi connectivity index (χ0) is 21.2. The number of carbonyl (C=O) groups is 1. The average Bonchev–Trinajstić information content (AvgIpc) is 3.58. The molecular weight excluding hydrogens is 394 g/mol. The Balaban J connectivity index is 1.16. The van der Waals surface area contributed by atoms with Gasteiger partial charge in [0.25, 0.3) is 5.91 Å². The van der Waals surface area contributed by atoms with Crippen LogP contribution < -0.4 is 0 Å². The number of aryl methyl sites for hydroxylation is 1. The van der Waals surface area contributed by atoms with Crippen molar-refractivity contribution in [1.29, 1.82) is 0 Å². The van der Waals surface area contributed by atoms with E-state index < -0.39 is 0 Å². The molecule has 8 heteroatoms. The molecule has 1 atom stereocenters. The van der Waals surface area contributed by atoms with Crippen molar-refractivity contribution in [3.63, 3.8) is 0 Å². The average molecular weight is 424 g/mol. The lowest BCUT2D eigenvalue weighted by Crippen LogP contribution is -2.29. The third kappa shape index (κ3) is 4.21. The SMILES string of the molecule is Cn1nc(C(=O)N2CCC(c3nc(CCOCC4CCCC4)no3)C2)c2ccccc21. The van der Waals surface area contributed by atoms with Crippen molar-refractivity contribution in [2.45, 2.75) is 44.4 Å². The quantitative estimate of drug-likeness (QED) is 0.542. The summed E-state index contributed by atoms with van der Waals surface area (Å²) in [6.45, 7) is 2.70. The molecule has 1 saturated heterocycles. The van der Waals surface area contributed by atoms with Gasteiger partial charge in [0.05, 0.1) is 18.0 Å². The maximum Gasteiger partial charge on any atom is 0.275 e. The molecule has 31 heavy (non-hydrogen) atoms. The number of likely N-dealkylation sites (tertiary alicyclic amines) is 1. The molecule has 3 aromatic rings. The predicted octanol–water partition coefficient (Wildman–Crippen LogP) is 3.34. The highest BCUT2D eigenvalue weighted by molar-refractivity contribution is 6.04. The highest BCUT2D eigenvalue weighted by Crippen LogP contribution is 2.29. The van der Waals surface area contributed by atoms with Crippen molar-refractivity contribution < 1.29 is 14.1 Å². The van der Waals surface area contributed by atoms with Gasteiger partial charge < -0.3 is 14.2 Å². The van der Waals surface area contributed by atoms with Crippen molar-refractivity contribution >= 4 is 16.8 Å². The maximum absolute atomic E-state index is 13.1. The topological polar surface area (TPSA) is 86.3 Å². The van der Waals surface area contributed by atoms with Crippen LogP contribution >= 0.6 is 0 Å². The molecule has 1 amide bonds. The van der Waals surface area contributed by atoms with E-state index >= 15 is 0 Å². The number of aromatic nitrogens is 4. The highest BCUT2D eigenvalue weighted by Gasteiger charge is 2.33. The van der Waals surface area contributed by atoms with Crippen LogP contribution in [0, 0.1) is 5.92 Å². The number of rotatable bonds is 7. The standard InChI is InChI=1S/C23H29N5O3/c1-27-19-9-5-4-8-18(19)21(25-27)23(29)28-12-10-17(14-28)22-24-20(26-31-22)11-13-30-15-16-6-2-3-7-16/h4-5,8-9,16-17H,2-3,6-7,10-15H2,1H3. The summed E-state index contributed by atoms with van der Waals surface area (Å²) in [6.07, 6.45) is 6.72. The number of nitrogens with zero attached hydrogens (tertiary/aromatic N) is 5. The van der Waals surface area contributed by atoms with Gasteiger partial charge in [-0.2, -0.15) is 10.1 Å². The van der Waals surface area contributed by atoms with E-state index in [0.717, 1.165) is 29.8 Å². The largest absolute Gasteiger partial charge is 0.381 e. The van der Waals surface area contributed by atoms with Crippen LogP contribution in [0.25, 0.3) is 10.9 Å². The van der Waals surface area contributed by atoms with Crippen LogP contribution in [-0.4, -0.2) is 57.0 Å². The molecule has 5 rings (SSSR count). The molecule has 8 nitrogen and oxygen atoms in total. The molecule has 0 spiro atoms. The van der Waals surface area contributed by atoms with Crippen molar-refractivity contribution in [2.75, 3.05) is 26.3 Å². The molecule has 3 heterocycles. The Labute approximate surface area is 181 Å². The number of benzene rings is 1. The first kappa shape index (κ1) is 20.2. The summed E-state index contributed by atoms with van der Waals surface area (Å²) in [7, 11) is 1.86. The van der Waals surface area contributed by atoms with Crippen LogP contribution in [0.4, 0.5) is 0 Å². The molecule has 2 aromatic heterocycles. The van der Waals surface area contributed by atoms with Crippen molar-refractivity contribution in [1.82, 2.24) is 24.8 Å². The Morgan fingerprint density at radius 1 is 1.23 bits per heavy atom. The highest BCUT2D eigenvalue weighted by atomic mass is 16.5. The number of hydrogen-bond donors (Lipinski definition) is 0. The molecule has 1 aliphatic heterocycles. The summed E-state index contributed by atoms with van der Waals surface area (Å²) in [5.74, 6) is 2.05. The Bertz CT molecular complexity index is 1050. The minimum absolute atomic E-state index is 0.0423. The number of hydrogen-bond acceptors (Lipinski definition) is 6. The van der Waals surface area contributed by atoms with Gasteiger partial charge in [-0.15, -0.1) is 0 Å².